The molecule has 0 aliphatic heterocycles. The van der Waals surface area contributed by atoms with Crippen LogP contribution in [0.15, 0.2) is 36.4 Å². The fourth-order valence-corrected chi connectivity index (χ4v) is 3.29. The lowest BCUT2D eigenvalue weighted by atomic mass is 10.1. The lowest BCUT2D eigenvalue weighted by Crippen LogP contribution is -2.03. The minimum absolute atomic E-state index is 0.627. The van der Waals surface area contributed by atoms with Gasteiger partial charge in [0.2, 0.25) is 6.41 Å². The van der Waals surface area contributed by atoms with Crippen LogP contribution < -0.4 is 14.8 Å². The van der Waals surface area contributed by atoms with Crippen molar-refractivity contribution in [3.05, 3.63) is 53.1 Å². The Morgan fingerprint density at radius 1 is 0.818 bits per heavy atom. The van der Waals surface area contributed by atoms with Crippen molar-refractivity contribution in [3.63, 3.8) is 0 Å². The number of rotatable bonds is 14. The molecule has 0 aromatic heterocycles. The summed E-state index contributed by atoms with van der Waals surface area (Å²) in [6, 6.07) is 11.1. The molecule has 0 atom stereocenters. The number of carbonyl (C=O) groups excluding carboxylic acids is 1. The van der Waals surface area contributed by atoms with Gasteiger partial charge >= 0.3 is 0 Å². The van der Waals surface area contributed by atoms with Crippen LogP contribution in [0.1, 0.15) is 81.9 Å². The second-order valence-corrected chi connectivity index (χ2v) is 7.90. The number of hydrogen-bond donors (Lipinski definition) is 1. The highest BCUT2D eigenvalue weighted by Crippen LogP contribution is 2.29. The van der Waals surface area contributed by atoms with Gasteiger partial charge in [0, 0.05) is 23.4 Å². The first kappa shape index (κ1) is 25.9. The highest BCUT2D eigenvalue weighted by Gasteiger charge is 2.10. The quantitative estimate of drug-likeness (QED) is 0.204. The first-order valence-corrected chi connectivity index (χ1v) is 11.9. The van der Waals surface area contributed by atoms with Crippen LogP contribution in [0, 0.1) is 24.2 Å². The molecule has 174 valence electrons. The number of nitrogens with one attached hydrogen (secondary N) is 1. The summed E-state index contributed by atoms with van der Waals surface area (Å²) in [7, 11) is 0. The van der Waals surface area contributed by atoms with Crippen molar-refractivity contribution in [2.24, 2.45) is 0 Å². The summed E-state index contributed by atoms with van der Waals surface area (Å²) in [5.74, 6) is 10.5. The van der Waals surface area contributed by atoms with Crippen LogP contribution in [0.4, 0.5) is 5.69 Å². The van der Waals surface area contributed by atoms with Crippen molar-refractivity contribution >= 4 is 12.1 Å². The molecule has 0 bridgehead atoms. The van der Waals surface area contributed by atoms with Crippen LogP contribution in [0.5, 0.6) is 11.5 Å². The average Bonchev–Trinajstić information content (AvgIpc) is 2.84. The Bertz CT molecular complexity index is 961. The minimum Gasteiger partial charge on any atom is -0.492 e. The molecule has 2 rings (SSSR count). The topological polar surface area (TPSA) is 47.6 Å². The predicted molar refractivity (Wildman–Crippen MR) is 136 cm³/mol. The monoisotopic (exact) mass is 445 g/mol. The van der Waals surface area contributed by atoms with Crippen molar-refractivity contribution < 1.29 is 14.3 Å². The second kappa shape index (κ2) is 15.4. The third kappa shape index (κ3) is 9.34. The molecule has 0 spiro atoms. The molecule has 0 aliphatic rings. The summed E-state index contributed by atoms with van der Waals surface area (Å²) >= 11 is 0. The fourth-order valence-electron chi connectivity index (χ4n) is 3.29. The number of terminal acetylenes is 1. The molecule has 4 nitrogen and oxygen atoms in total. The highest BCUT2D eigenvalue weighted by molar-refractivity contribution is 5.71. The molecule has 0 radical (unpaired) electrons. The standard InChI is InChI=1S/C29H35NO3/c1-4-7-9-11-19-32-28-22-26(16-13-24-14-17-27(18-15-24)30-23-31)29(21-25(28)6-3)33-20-12-10-8-5-2/h3,14-15,17-18,21-23H,4-5,7-12,19-20H2,1-2H3,(H,30,31). The van der Waals surface area contributed by atoms with Crippen molar-refractivity contribution in [1.29, 1.82) is 0 Å². The van der Waals surface area contributed by atoms with Gasteiger partial charge in [0.25, 0.3) is 0 Å². The number of ether oxygens (including phenoxy) is 2. The number of anilines is 1. The van der Waals surface area contributed by atoms with E-state index in [1.807, 2.05) is 36.4 Å². The third-order valence-corrected chi connectivity index (χ3v) is 5.20. The van der Waals surface area contributed by atoms with Gasteiger partial charge in [-0.2, -0.15) is 0 Å². The average molecular weight is 446 g/mol. The molecule has 1 amide bonds. The molecular formula is C29H35NO3. The Kier molecular flexibility index (Phi) is 12.1. The van der Waals surface area contributed by atoms with Crippen LogP contribution in [-0.2, 0) is 4.79 Å². The van der Waals surface area contributed by atoms with Gasteiger partial charge in [0.05, 0.1) is 24.3 Å². The Morgan fingerprint density at radius 3 is 1.94 bits per heavy atom. The van der Waals surface area contributed by atoms with Gasteiger partial charge in [-0.1, -0.05) is 70.1 Å². The lowest BCUT2D eigenvalue weighted by Gasteiger charge is -2.13. The van der Waals surface area contributed by atoms with Crippen molar-refractivity contribution in [2.75, 3.05) is 18.5 Å². The van der Waals surface area contributed by atoms with Crippen LogP contribution in [0.3, 0.4) is 0 Å². The van der Waals surface area contributed by atoms with Gasteiger partial charge in [-0.25, -0.2) is 0 Å². The normalized spacial score (nSPS) is 9.97. The maximum absolute atomic E-state index is 10.6. The molecule has 0 fully saturated rings. The number of benzene rings is 2. The first-order valence-electron chi connectivity index (χ1n) is 11.9. The molecule has 0 heterocycles. The van der Waals surface area contributed by atoms with E-state index in [-0.39, 0.29) is 0 Å². The summed E-state index contributed by atoms with van der Waals surface area (Å²) in [6.45, 7) is 5.64. The molecule has 1 N–H and O–H groups in total. The lowest BCUT2D eigenvalue weighted by molar-refractivity contribution is -0.105. The third-order valence-electron chi connectivity index (χ3n) is 5.20. The number of amides is 1. The zero-order chi connectivity index (χ0) is 23.7. The second-order valence-electron chi connectivity index (χ2n) is 7.90. The molecule has 0 saturated heterocycles. The van der Waals surface area contributed by atoms with E-state index in [1.54, 1.807) is 0 Å². The SMILES string of the molecule is C#Cc1cc(OCCCCCC)c(C#Cc2ccc(NC=O)cc2)cc1OCCCCCC. The Hall–Kier alpha value is -3.37. The van der Waals surface area contributed by atoms with Gasteiger partial charge < -0.3 is 14.8 Å². The maximum Gasteiger partial charge on any atom is 0.211 e. The summed E-state index contributed by atoms with van der Waals surface area (Å²) in [5.41, 5.74) is 3.00. The summed E-state index contributed by atoms with van der Waals surface area (Å²) in [6.07, 6.45) is 15.5. The predicted octanol–water partition coefficient (Wildman–Crippen LogP) is 6.55. The van der Waals surface area contributed by atoms with E-state index in [0.29, 0.717) is 36.7 Å². The van der Waals surface area contributed by atoms with Crippen molar-refractivity contribution in [1.82, 2.24) is 0 Å². The summed E-state index contributed by atoms with van der Waals surface area (Å²) < 4.78 is 12.1. The molecule has 0 saturated carbocycles. The van der Waals surface area contributed by atoms with Crippen LogP contribution in [0.25, 0.3) is 0 Å². The van der Waals surface area contributed by atoms with E-state index in [2.05, 4.69) is 36.9 Å². The molecule has 2 aromatic carbocycles. The summed E-state index contributed by atoms with van der Waals surface area (Å²) in [5, 5.41) is 2.62. The minimum atomic E-state index is 0.627. The van der Waals surface area contributed by atoms with Gasteiger partial charge in [0.15, 0.2) is 0 Å². The molecule has 4 heteroatoms. The number of carbonyl (C=O) groups is 1. The summed E-state index contributed by atoms with van der Waals surface area (Å²) in [4.78, 5) is 10.6. The molecule has 33 heavy (non-hydrogen) atoms. The van der Waals surface area contributed by atoms with E-state index >= 15 is 0 Å². The van der Waals surface area contributed by atoms with E-state index in [0.717, 1.165) is 42.5 Å². The zero-order valence-corrected chi connectivity index (χ0v) is 19.9. The van der Waals surface area contributed by atoms with Gasteiger partial charge in [-0.3, -0.25) is 4.79 Å². The van der Waals surface area contributed by atoms with Gasteiger partial charge in [-0.05, 0) is 37.1 Å². The van der Waals surface area contributed by atoms with Crippen LogP contribution in [0.2, 0.25) is 0 Å². The Morgan fingerprint density at radius 2 is 1.39 bits per heavy atom. The molecule has 0 aliphatic carbocycles. The Labute approximate surface area is 199 Å². The molecular weight excluding hydrogens is 410 g/mol. The van der Waals surface area contributed by atoms with E-state index in [9.17, 15) is 4.79 Å². The number of hydrogen-bond acceptors (Lipinski definition) is 3. The maximum atomic E-state index is 10.6. The van der Waals surface area contributed by atoms with Crippen molar-refractivity contribution in [2.45, 2.75) is 65.2 Å². The van der Waals surface area contributed by atoms with E-state index in [1.165, 1.54) is 25.7 Å². The Balaban J connectivity index is 2.24. The largest absolute Gasteiger partial charge is 0.492 e. The van der Waals surface area contributed by atoms with Gasteiger partial charge in [-0.15, -0.1) is 6.42 Å². The highest BCUT2D eigenvalue weighted by atomic mass is 16.5. The van der Waals surface area contributed by atoms with Crippen LogP contribution in [-0.4, -0.2) is 19.6 Å². The van der Waals surface area contributed by atoms with Gasteiger partial charge in [0.1, 0.15) is 11.5 Å². The first-order chi connectivity index (χ1) is 16.2. The molecule has 2 aromatic rings. The smallest absolute Gasteiger partial charge is 0.211 e. The van der Waals surface area contributed by atoms with Crippen molar-refractivity contribution in [3.8, 4) is 35.7 Å². The zero-order valence-electron chi connectivity index (χ0n) is 19.9. The van der Waals surface area contributed by atoms with E-state index < -0.39 is 0 Å². The van der Waals surface area contributed by atoms with Crippen LogP contribution >= 0.6 is 0 Å². The molecule has 0 unspecified atom stereocenters. The number of unbranched alkanes of at least 4 members (excludes halogenated alkanes) is 6. The van der Waals surface area contributed by atoms with E-state index in [4.69, 9.17) is 15.9 Å². The fraction of sp³-hybridized carbons (Fsp3) is 0.414.